The summed E-state index contributed by atoms with van der Waals surface area (Å²) in [6.07, 6.45) is 0.706. The molecule has 0 fully saturated rings. The van der Waals surface area contributed by atoms with Crippen molar-refractivity contribution in [2.75, 3.05) is 11.9 Å². The normalized spacial score (nSPS) is 10.1. The van der Waals surface area contributed by atoms with Crippen LogP contribution in [0.2, 0.25) is 0 Å². The molecule has 0 aromatic heterocycles. The van der Waals surface area contributed by atoms with E-state index in [1.165, 1.54) is 18.2 Å². The molecule has 2 amide bonds. The lowest BCUT2D eigenvalue weighted by Gasteiger charge is -2.08. The number of aromatic hydroxyl groups is 2. The number of benzene rings is 2. The summed E-state index contributed by atoms with van der Waals surface area (Å²) >= 11 is 3.39. The van der Waals surface area contributed by atoms with Crippen LogP contribution < -0.4 is 10.6 Å². The Kier molecular flexibility index (Phi) is 5.05. The SMILES string of the molecule is O=C(NCCc1cccc(Br)c1)Nc1cc(O)cc(O)c1. The first kappa shape index (κ1) is 15.2. The molecule has 0 bridgehead atoms. The summed E-state index contributed by atoms with van der Waals surface area (Å²) in [5.74, 6) is -0.223. The molecule has 0 aliphatic rings. The van der Waals surface area contributed by atoms with Crippen LogP contribution in [0.4, 0.5) is 10.5 Å². The number of rotatable bonds is 4. The van der Waals surface area contributed by atoms with Crippen LogP contribution in [0.5, 0.6) is 11.5 Å². The van der Waals surface area contributed by atoms with E-state index in [2.05, 4.69) is 26.6 Å². The molecule has 6 heteroatoms. The highest BCUT2D eigenvalue weighted by Gasteiger charge is 2.04. The number of carbonyl (C=O) groups excluding carboxylic acids is 1. The Hall–Kier alpha value is -2.21. The van der Waals surface area contributed by atoms with Crippen LogP contribution >= 0.6 is 15.9 Å². The summed E-state index contributed by atoms with van der Waals surface area (Å²) in [6, 6.07) is 11.4. The topological polar surface area (TPSA) is 81.6 Å². The number of halogens is 1. The van der Waals surface area contributed by atoms with Gasteiger partial charge in [0, 0.05) is 34.9 Å². The number of phenolic OH excluding ortho intramolecular Hbond substituents is 2. The molecule has 2 aromatic rings. The first-order valence-corrected chi connectivity index (χ1v) is 7.14. The van der Waals surface area contributed by atoms with E-state index in [-0.39, 0.29) is 11.5 Å². The number of anilines is 1. The predicted octanol–water partition coefficient (Wildman–Crippen LogP) is 3.22. The number of amides is 2. The maximum absolute atomic E-state index is 11.7. The molecule has 4 N–H and O–H groups in total. The van der Waals surface area contributed by atoms with Crippen molar-refractivity contribution in [3.05, 3.63) is 52.5 Å². The summed E-state index contributed by atoms with van der Waals surface area (Å²) in [4.78, 5) is 11.7. The maximum atomic E-state index is 11.7. The van der Waals surface area contributed by atoms with Gasteiger partial charge in [0.05, 0.1) is 0 Å². The molecular formula is C15H15BrN2O3. The van der Waals surface area contributed by atoms with Crippen molar-refractivity contribution >= 4 is 27.6 Å². The van der Waals surface area contributed by atoms with E-state index in [1.54, 1.807) is 0 Å². The van der Waals surface area contributed by atoms with E-state index in [1.807, 2.05) is 24.3 Å². The molecule has 0 saturated heterocycles. The second-order valence-corrected chi connectivity index (χ2v) is 5.41. The average Bonchev–Trinajstić information content (AvgIpc) is 2.37. The van der Waals surface area contributed by atoms with Crippen LogP contribution in [0.1, 0.15) is 5.56 Å². The van der Waals surface area contributed by atoms with E-state index in [0.717, 1.165) is 10.0 Å². The molecule has 0 heterocycles. The third kappa shape index (κ3) is 5.00. The van der Waals surface area contributed by atoms with Gasteiger partial charge in [0.15, 0.2) is 0 Å². The van der Waals surface area contributed by atoms with Gasteiger partial charge in [-0.3, -0.25) is 0 Å². The molecule has 21 heavy (non-hydrogen) atoms. The average molecular weight is 351 g/mol. The van der Waals surface area contributed by atoms with Gasteiger partial charge in [0.25, 0.3) is 0 Å². The lowest BCUT2D eigenvalue weighted by atomic mass is 10.1. The fourth-order valence-corrected chi connectivity index (χ4v) is 2.30. The Morgan fingerprint density at radius 2 is 1.81 bits per heavy atom. The molecule has 0 aliphatic heterocycles. The van der Waals surface area contributed by atoms with Gasteiger partial charge >= 0.3 is 6.03 Å². The number of urea groups is 1. The van der Waals surface area contributed by atoms with Crippen molar-refractivity contribution in [1.29, 1.82) is 0 Å². The lowest BCUT2D eigenvalue weighted by Crippen LogP contribution is -2.30. The standard InChI is InChI=1S/C15H15BrN2O3/c16-11-3-1-2-10(6-11)4-5-17-15(21)18-12-7-13(19)9-14(20)8-12/h1-3,6-9,19-20H,4-5H2,(H2,17,18,21). The van der Waals surface area contributed by atoms with Crippen molar-refractivity contribution in [3.8, 4) is 11.5 Å². The fraction of sp³-hybridized carbons (Fsp3) is 0.133. The van der Waals surface area contributed by atoms with Crippen LogP contribution in [0, 0.1) is 0 Å². The molecule has 2 aromatic carbocycles. The Bertz CT molecular complexity index is 626. The van der Waals surface area contributed by atoms with Crippen molar-refractivity contribution in [3.63, 3.8) is 0 Å². The van der Waals surface area contributed by atoms with E-state index < -0.39 is 6.03 Å². The highest BCUT2D eigenvalue weighted by atomic mass is 79.9. The van der Waals surface area contributed by atoms with Gasteiger partial charge in [-0.15, -0.1) is 0 Å². The highest BCUT2D eigenvalue weighted by Crippen LogP contribution is 2.23. The summed E-state index contributed by atoms with van der Waals surface area (Å²) in [6.45, 7) is 0.479. The lowest BCUT2D eigenvalue weighted by molar-refractivity contribution is 0.252. The van der Waals surface area contributed by atoms with Crippen molar-refractivity contribution < 1.29 is 15.0 Å². The van der Waals surface area contributed by atoms with E-state index in [9.17, 15) is 15.0 Å². The van der Waals surface area contributed by atoms with Gasteiger partial charge in [0.2, 0.25) is 0 Å². The second-order valence-electron chi connectivity index (χ2n) is 4.50. The smallest absolute Gasteiger partial charge is 0.319 e. The molecule has 0 aliphatic carbocycles. The minimum Gasteiger partial charge on any atom is -0.508 e. The second kappa shape index (κ2) is 6.99. The van der Waals surface area contributed by atoms with Gasteiger partial charge in [0.1, 0.15) is 11.5 Å². The van der Waals surface area contributed by atoms with Crippen LogP contribution in [-0.2, 0) is 6.42 Å². The zero-order valence-corrected chi connectivity index (χ0v) is 12.7. The number of carbonyl (C=O) groups is 1. The summed E-state index contributed by atoms with van der Waals surface area (Å²) in [5, 5.41) is 23.9. The Labute approximate surface area is 130 Å². The summed E-state index contributed by atoms with van der Waals surface area (Å²) in [7, 11) is 0. The first-order chi connectivity index (χ1) is 10.0. The monoisotopic (exact) mass is 350 g/mol. The largest absolute Gasteiger partial charge is 0.508 e. The zero-order valence-electron chi connectivity index (χ0n) is 11.1. The summed E-state index contributed by atoms with van der Waals surface area (Å²) in [5.41, 5.74) is 1.44. The van der Waals surface area contributed by atoms with E-state index >= 15 is 0 Å². The number of hydrogen-bond acceptors (Lipinski definition) is 3. The Balaban J connectivity index is 1.82. The molecule has 0 radical (unpaired) electrons. The van der Waals surface area contributed by atoms with Gasteiger partial charge < -0.3 is 20.8 Å². The molecule has 110 valence electrons. The minimum atomic E-state index is -0.394. The highest BCUT2D eigenvalue weighted by molar-refractivity contribution is 9.10. The van der Waals surface area contributed by atoms with Crippen LogP contribution in [0.15, 0.2) is 46.9 Å². The Morgan fingerprint density at radius 1 is 1.10 bits per heavy atom. The third-order valence-electron chi connectivity index (χ3n) is 2.75. The molecule has 5 nitrogen and oxygen atoms in total. The zero-order chi connectivity index (χ0) is 15.2. The molecular weight excluding hydrogens is 336 g/mol. The van der Waals surface area contributed by atoms with Crippen LogP contribution in [-0.4, -0.2) is 22.8 Å². The molecule has 2 rings (SSSR count). The maximum Gasteiger partial charge on any atom is 0.319 e. The van der Waals surface area contributed by atoms with Crippen molar-refractivity contribution in [1.82, 2.24) is 5.32 Å². The van der Waals surface area contributed by atoms with Crippen LogP contribution in [0.3, 0.4) is 0 Å². The number of phenols is 2. The van der Waals surface area contributed by atoms with Crippen molar-refractivity contribution in [2.45, 2.75) is 6.42 Å². The quantitative estimate of drug-likeness (QED) is 0.683. The third-order valence-corrected chi connectivity index (χ3v) is 3.24. The Morgan fingerprint density at radius 3 is 2.48 bits per heavy atom. The minimum absolute atomic E-state index is 0.112. The molecule has 0 atom stereocenters. The van der Waals surface area contributed by atoms with E-state index in [4.69, 9.17) is 0 Å². The molecule has 0 unspecified atom stereocenters. The molecule has 0 spiro atoms. The van der Waals surface area contributed by atoms with Gasteiger partial charge in [-0.05, 0) is 24.1 Å². The van der Waals surface area contributed by atoms with Gasteiger partial charge in [-0.25, -0.2) is 4.79 Å². The fourth-order valence-electron chi connectivity index (χ4n) is 1.86. The number of nitrogens with one attached hydrogen (secondary N) is 2. The predicted molar refractivity (Wildman–Crippen MR) is 84.6 cm³/mol. The van der Waals surface area contributed by atoms with Crippen LogP contribution in [0.25, 0.3) is 0 Å². The molecule has 0 saturated carbocycles. The van der Waals surface area contributed by atoms with Gasteiger partial charge in [-0.1, -0.05) is 28.1 Å². The summed E-state index contributed by atoms with van der Waals surface area (Å²) < 4.78 is 1.000. The van der Waals surface area contributed by atoms with E-state index in [0.29, 0.717) is 18.7 Å². The van der Waals surface area contributed by atoms with Crippen molar-refractivity contribution in [2.24, 2.45) is 0 Å². The number of hydrogen-bond donors (Lipinski definition) is 4. The van der Waals surface area contributed by atoms with Gasteiger partial charge in [-0.2, -0.15) is 0 Å². The first-order valence-electron chi connectivity index (χ1n) is 6.35.